The number of aliphatic hydroxyl groups is 1. The van der Waals surface area contributed by atoms with Crippen LogP contribution < -0.4 is 5.43 Å². The average molecular weight is 217 g/mol. The molecule has 2 N–H and O–H groups in total. The molecule has 0 aliphatic carbocycles. The van der Waals surface area contributed by atoms with Crippen molar-refractivity contribution < 1.29 is 14.8 Å². The average Bonchev–Trinajstić information content (AvgIpc) is 2.43. The Labute approximate surface area is 87.4 Å². The molecule has 7 nitrogen and oxygen atoms in total. The van der Waals surface area contributed by atoms with E-state index in [2.05, 4.69) is 5.43 Å². The molecule has 0 fully saturated rings. The minimum atomic E-state index is -0.725. The van der Waals surface area contributed by atoms with Gasteiger partial charge in [-0.2, -0.15) is 5.43 Å². The van der Waals surface area contributed by atoms with Gasteiger partial charge in [0, 0.05) is 13.7 Å². The van der Waals surface area contributed by atoms with E-state index in [1.165, 1.54) is 0 Å². The van der Waals surface area contributed by atoms with Crippen LogP contribution in [0.5, 0.6) is 0 Å². The predicted molar refractivity (Wildman–Crippen MR) is 52.0 cm³/mol. The fourth-order valence-electron chi connectivity index (χ4n) is 1.31. The summed E-state index contributed by atoms with van der Waals surface area (Å²) in [5.41, 5.74) is 3.37. The smallest absolute Gasteiger partial charge is 0.311 e. The molecule has 0 aromatic carbocycles. The largest absolute Gasteiger partial charge is 0.396 e. The molecule has 1 aliphatic rings. The molecule has 0 spiro atoms. The zero-order valence-electron chi connectivity index (χ0n) is 8.77. The number of ether oxygens (including phenoxy) is 1. The van der Waals surface area contributed by atoms with Crippen LogP contribution in [0.1, 0.15) is 13.3 Å². The summed E-state index contributed by atoms with van der Waals surface area (Å²) in [5, 5.41) is 20.9. The Hall–Kier alpha value is -1.18. The van der Waals surface area contributed by atoms with E-state index in [1.807, 2.05) is 0 Å². The number of hydrogen-bond acceptors (Lipinski definition) is 6. The highest BCUT2D eigenvalue weighted by atomic mass is 16.6. The molecule has 0 aromatic rings. The molecule has 1 heterocycles. The second-order valence-corrected chi connectivity index (χ2v) is 3.24. The van der Waals surface area contributed by atoms with E-state index in [-0.39, 0.29) is 18.9 Å². The van der Waals surface area contributed by atoms with Gasteiger partial charge in [-0.25, -0.2) is 0 Å². The van der Waals surface area contributed by atoms with Crippen molar-refractivity contribution in [3.05, 3.63) is 21.5 Å². The van der Waals surface area contributed by atoms with Crippen molar-refractivity contribution in [3.8, 4) is 0 Å². The maximum absolute atomic E-state index is 10.8. The topological polar surface area (TPSA) is 87.9 Å². The Morgan fingerprint density at radius 1 is 1.73 bits per heavy atom. The first-order valence-corrected chi connectivity index (χ1v) is 4.65. The van der Waals surface area contributed by atoms with E-state index in [1.54, 1.807) is 19.0 Å². The van der Waals surface area contributed by atoms with Gasteiger partial charge in [-0.05, 0) is 13.3 Å². The minimum absolute atomic E-state index is 0.0129. The van der Waals surface area contributed by atoms with Gasteiger partial charge in [0.2, 0.25) is 6.23 Å². The van der Waals surface area contributed by atoms with Crippen molar-refractivity contribution in [2.45, 2.75) is 19.6 Å². The van der Waals surface area contributed by atoms with Gasteiger partial charge in [-0.3, -0.25) is 10.1 Å². The van der Waals surface area contributed by atoms with E-state index in [0.29, 0.717) is 12.1 Å². The Morgan fingerprint density at radius 2 is 2.40 bits per heavy atom. The van der Waals surface area contributed by atoms with Gasteiger partial charge in [0.1, 0.15) is 5.70 Å². The summed E-state index contributed by atoms with van der Waals surface area (Å²) in [5.74, 6) is 0. The first-order chi connectivity index (χ1) is 7.07. The molecule has 0 aromatic heterocycles. The Balaban J connectivity index is 2.63. The molecular formula is C8H15N3O4. The molecule has 7 heteroatoms. The lowest BCUT2D eigenvalue weighted by Crippen LogP contribution is -2.37. The molecule has 0 saturated carbocycles. The SMILES string of the molecule is CC1=C([N+](=O)[O-])C(OCCCO)NN1C. The molecular weight excluding hydrogens is 202 g/mol. The molecule has 1 atom stereocenters. The fraction of sp³-hybridized carbons (Fsp3) is 0.750. The zero-order valence-corrected chi connectivity index (χ0v) is 8.77. The van der Waals surface area contributed by atoms with Gasteiger partial charge in [0.05, 0.1) is 11.5 Å². The van der Waals surface area contributed by atoms with Crippen molar-refractivity contribution in [2.24, 2.45) is 0 Å². The van der Waals surface area contributed by atoms with Crippen molar-refractivity contribution in [2.75, 3.05) is 20.3 Å². The summed E-state index contributed by atoms with van der Waals surface area (Å²) in [6.07, 6.45) is -0.261. The maximum atomic E-state index is 10.8. The number of nitrogens with one attached hydrogen (secondary N) is 1. The number of nitrogens with zero attached hydrogens (tertiary/aromatic N) is 2. The highest BCUT2D eigenvalue weighted by Gasteiger charge is 2.36. The quantitative estimate of drug-likeness (QED) is 0.372. The number of hydrazine groups is 1. The van der Waals surface area contributed by atoms with E-state index in [4.69, 9.17) is 9.84 Å². The summed E-state index contributed by atoms with van der Waals surface area (Å²) in [4.78, 5) is 10.3. The molecule has 15 heavy (non-hydrogen) atoms. The van der Waals surface area contributed by atoms with Gasteiger partial charge in [-0.15, -0.1) is 0 Å². The second-order valence-electron chi connectivity index (χ2n) is 3.24. The van der Waals surface area contributed by atoms with Crippen molar-refractivity contribution in [1.82, 2.24) is 10.4 Å². The van der Waals surface area contributed by atoms with Crippen molar-refractivity contribution in [3.63, 3.8) is 0 Å². The number of allylic oxidation sites excluding steroid dienone is 1. The van der Waals surface area contributed by atoms with Gasteiger partial charge < -0.3 is 14.9 Å². The second kappa shape index (κ2) is 5.06. The van der Waals surface area contributed by atoms with Gasteiger partial charge in [-0.1, -0.05) is 0 Å². The Bertz CT molecular complexity index is 279. The summed E-state index contributed by atoms with van der Waals surface area (Å²) in [7, 11) is 1.69. The van der Waals surface area contributed by atoms with Gasteiger partial charge in [0.15, 0.2) is 0 Å². The molecule has 1 aliphatic heterocycles. The Kier molecular flexibility index (Phi) is 4.01. The monoisotopic (exact) mass is 217 g/mol. The molecule has 0 saturated heterocycles. The molecule has 86 valence electrons. The number of nitro groups is 1. The lowest BCUT2D eigenvalue weighted by atomic mass is 10.3. The van der Waals surface area contributed by atoms with Crippen molar-refractivity contribution in [1.29, 1.82) is 0 Å². The van der Waals surface area contributed by atoms with Crippen LogP contribution in [0.15, 0.2) is 11.4 Å². The standard InChI is InChI=1S/C8H15N3O4/c1-6-7(11(13)14)8(9-10(6)2)15-5-3-4-12/h8-9,12H,3-5H2,1-2H3. The lowest BCUT2D eigenvalue weighted by molar-refractivity contribution is -0.437. The van der Waals surface area contributed by atoms with Crippen LogP contribution in [-0.2, 0) is 4.74 Å². The first-order valence-electron chi connectivity index (χ1n) is 4.65. The van der Waals surface area contributed by atoms with Gasteiger partial charge >= 0.3 is 5.70 Å². The normalized spacial score (nSPS) is 21.3. The predicted octanol–water partition coefficient (Wildman–Crippen LogP) is -0.330. The van der Waals surface area contributed by atoms with Crippen LogP contribution in [0.25, 0.3) is 0 Å². The van der Waals surface area contributed by atoms with Crippen molar-refractivity contribution >= 4 is 0 Å². The molecule has 0 radical (unpaired) electrons. The van der Waals surface area contributed by atoms with E-state index < -0.39 is 11.2 Å². The van der Waals surface area contributed by atoms with Crippen LogP contribution >= 0.6 is 0 Å². The Morgan fingerprint density at radius 3 is 2.93 bits per heavy atom. The van der Waals surface area contributed by atoms with Crippen LogP contribution in [0.3, 0.4) is 0 Å². The summed E-state index contributed by atoms with van der Waals surface area (Å²) in [6, 6.07) is 0. The molecule has 1 rings (SSSR count). The lowest BCUT2D eigenvalue weighted by Gasteiger charge is -2.15. The first kappa shape index (κ1) is 11.9. The van der Waals surface area contributed by atoms with E-state index in [9.17, 15) is 10.1 Å². The van der Waals surface area contributed by atoms with E-state index >= 15 is 0 Å². The van der Waals surface area contributed by atoms with Crippen LogP contribution in [0.2, 0.25) is 0 Å². The highest BCUT2D eigenvalue weighted by molar-refractivity contribution is 5.12. The third-order valence-corrected chi connectivity index (χ3v) is 2.22. The third-order valence-electron chi connectivity index (χ3n) is 2.22. The van der Waals surface area contributed by atoms with Crippen LogP contribution in [0, 0.1) is 10.1 Å². The summed E-state index contributed by atoms with van der Waals surface area (Å²) in [6.45, 7) is 1.95. The minimum Gasteiger partial charge on any atom is -0.396 e. The molecule has 0 amide bonds. The highest BCUT2D eigenvalue weighted by Crippen LogP contribution is 2.20. The van der Waals surface area contributed by atoms with Crippen LogP contribution in [-0.4, -0.2) is 41.5 Å². The number of aliphatic hydroxyl groups excluding tert-OH is 1. The third kappa shape index (κ3) is 2.65. The molecule has 1 unspecified atom stereocenters. The van der Waals surface area contributed by atoms with E-state index in [0.717, 1.165) is 0 Å². The summed E-state index contributed by atoms with van der Waals surface area (Å²) >= 11 is 0. The van der Waals surface area contributed by atoms with Gasteiger partial charge in [0.25, 0.3) is 0 Å². The number of hydrogen-bond donors (Lipinski definition) is 2. The summed E-state index contributed by atoms with van der Waals surface area (Å²) < 4.78 is 5.25. The molecule has 0 bridgehead atoms. The van der Waals surface area contributed by atoms with Crippen LogP contribution in [0.4, 0.5) is 0 Å². The maximum Gasteiger partial charge on any atom is 0.311 e. The number of rotatable bonds is 5. The zero-order chi connectivity index (χ0) is 11.4. The fourth-order valence-corrected chi connectivity index (χ4v) is 1.31.